The lowest BCUT2D eigenvalue weighted by molar-refractivity contribution is -0.130. The van der Waals surface area contributed by atoms with E-state index in [0.717, 1.165) is 0 Å². The van der Waals surface area contributed by atoms with Gasteiger partial charge >= 0.3 is 0 Å². The molecule has 1 saturated heterocycles. The van der Waals surface area contributed by atoms with E-state index in [-0.39, 0.29) is 30.2 Å². The van der Waals surface area contributed by atoms with Crippen molar-refractivity contribution >= 4 is 40.7 Å². The van der Waals surface area contributed by atoms with Crippen LogP contribution >= 0.6 is 23.2 Å². The van der Waals surface area contributed by atoms with Crippen molar-refractivity contribution in [1.82, 2.24) is 4.90 Å². The summed E-state index contributed by atoms with van der Waals surface area (Å²) >= 11 is 11.8. The molecule has 0 bridgehead atoms. The third kappa shape index (κ3) is 4.12. The fourth-order valence-corrected chi connectivity index (χ4v) is 3.06. The maximum absolute atomic E-state index is 12.3. The third-order valence-corrected chi connectivity index (χ3v) is 4.04. The summed E-state index contributed by atoms with van der Waals surface area (Å²) in [5, 5.41) is 3.65. The molecule has 0 spiro atoms. The van der Waals surface area contributed by atoms with Gasteiger partial charge in [-0.1, -0.05) is 23.2 Å². The van der Waals surface area contributed by atoms with Gasteiger partial charge in [0.05, 0.1) is 18.6 Å². The number of halogens is 2. The van der Waals surface area contributed by atoms with Crippen LogP contribution in [0.25, 0.3) is 0 Å². The van der Waals surface area contributed by atoms with Crippen molar-refractivity contribution in [3.63, 3.8) is 0 Å². The Morgan fingerprint density at radius 1 is 1.41 bits per heavy atom. The summed E-state index contributed by atoms with van der Waals surface area (Å²) in [4.78, 5) is 26.0. The molecule has 1 heterocycles. The first-order valence-electron chi connectivity index (χ1n) is 6.96. The number of ether oxygens (including phenoxy) is 1. The SMILES string of the molecule is COC[C@@H](C)N1C[C@H](C(=O)Nc2cc(Cl)cc(Cl)c2)CC1=O. The van der Waals surface area contributed by atoms with Crippen molar-refractivity contribution in [2.24, 2.45) is 5.92 Å². The summed E-state index contributed by atoms with van der Waals surface area (Å²) in [5.74, 6) is -0.628. The molecule has 7 heteroatoms. The molecule has 0 saturated carbocycles. The van der Waals surface area contributed by atoms with Crippen LogP contribution in [0.5, 0.6) is 0 Å². The Labute approximate surface area is 139 Å². The maximum atomic E-state index is 12.3. The molecule has 1 aliphatic rings. The van der Waals surface area contributed by atoms with Crippen LogP contribution in [0, 0.1) is 5.92 Å². The molecule has 2 amide bonds. The van der Waals surface area contributed by atoms with E-state index in [1.807, 2.05) is 6.92 Å². The standard InChI is InChI=1S/C15H18Cl2N2O3/c1-9(8-22-2)19-7-10(3-14(19)20)15(21)18-13-5-11(16)4-12(17)6-13/h4-6,9-10H,3,7-8H2,1-2H3,(H,18,21)/t9-,10-/m1/s1. The van der Waals surface area contributed by atoms with Gasteiger partial charge in [0.2, 0.25) is 11.8 Å². The minimum Gasteiger partial charge on any atom is -0.383 e. The minimum atomic E-state index is -0.385. The van der Waals surface area contributed by atoms with E-state index < -0.39 is 0 Å². The van der Waals surface area contributed by atoms with Crippen LogP contribution in [0.1, 0.15) is 13.3 Å². The average molecular weight is 345 g/mol. The molecule has 120 valence electrons. The van der Waals surface area contributed by atoms with Crippen LogP contribution in [0.15, 0.2) is 18.2 Å². The highest BCUT2D eigenvalue weighted by Crippen LogP contribution is 2.25. The Kier molecular flexibility index (Phi) is 5.67. The summed E-state index contributed by atoms with van der Waals surface area (Å²) in [5.41, 5.74) is 0.526. The number of likely N-dealkylation sites (tertiary alicyclic amines) is 1. The molecular weight excluding hydrogens is 327 g/mol. The van der Waals surface area contributed by atoms with Crippen LogP contribution in [0.3, 0.4) is 0 Å². The van der Waals surface area contributed by atoms with Crippen LogP contribution in [-0.2, 0) is 14.3 Å². The third-order valence-electron chi connectivity index (χ3n) is 3.60. The number of hydrogen-bond donors (Lipinski definition) is 1. The molecule has 0 aliphatic carbocycles. The van der Waals surface area contributed by atoms with Crippen molar-refractivity contribution in [3.05, 3.63) is 28.2 Å². The summed E-state index contributed by atoms with van der Waals surface area (Å²) in [6.45, 7) is 2.74. The van der Waals surface area contributed by atoms with Crippen LogP contribution < -0.4 is 5.32 Å². The van der Waals surface area contributed by atoms with Gasteiger partial charge in [-0.05, 0) is 25.1 Å². The van der Waals surface area contributed by atoms with Crippen molar-refractivity contribution in [3.8, 4) is 0 Å². The highest BCUT2D eigenvalue weighted by atomic mass is 35.5. The van der Waals surface area contributed by atoms with Crippen LogP contribution in [0.4, 0.5) is 5.69 Å². The largest absolute Gasteiger partial charge is 0.383 e. The van der Waals surface area contributed by atoms with Crippen LogP contribution in [-0.4, -0.2) is 43.0 Å². The van der Waals surface area contributed by atoms with Gasteiger partial charge in [-0.3, -0.25) is 9.59 Å². The van der Waals surface area contributed by atoms with Crippen molar-refractivity contribution in [2.75, 3.05) is 25.6 Å². The summed E-state index contributed by atoms with van der Waals surface area (Å²) in [7, 11) is 1.59. The lowest BCUT2D eigenvalue weighted by atomic mass is 10.1. The number of nitrogens with one attached hydrogen (secondary N) is 1. The molecule has 22 heavy (non-hydrogen) atoms. The minimum absolute atomic E-state index is 0.0335. The van der Waals surface area contributed by atoms with Crippen LogP contribution in [0.2, 0.25) is 10.0 Å². The molecule has 1 aromatic carbocycles. The van der Waals surface area contributed by atoms with E-state index >= 15 is 0 Å². The van der Waals surface area contributed by atoms with Gasteiger partial charge < -0.3 is 15.0 Å². The molecule has 1 fully saturated rings. The predicted molar refractivity (Wildman–Crippen MR) is 86.2 cm³/mol. The Morgan fingerprint density at radius 2 is 2.05 bits per heavy atom. The van der Waals surface area contributed by atoms with Gasteiger partial charge in [0.25, 0.3) is 0 Å². The van der Waals surface area contributed by atoms with E-state index in [0.29, 0.717) is 28.9 Å². The molecule has 2 rings (SSSR count). The highest BCUT2D eigenvalue weighted by Gasteiger charge is 2.36. The zero-order valence-corrected chi connectivity index (χ0v) is 13.9. The number of amides is 2. The second-order valence-electron chi connectivity index (χ2n) is 5.40. The number of methoxy groups -OCH3 is 1. The Balaban J connectivity index is 2.00. The molecule has 1 aromatic rings. The summed E-state index contributed by atoms with van der Waals surface area (Å²) in [6, 6.07) is 4.78. The number of carbonyl (C=O) groups is 2. The van der Waals surface area contributed by atoms with Crippen molar-refractivity contribution in [1.29, 1.82) is 0 Å². The normalized spacial score (nSPS) is 19.4. The number of hydrogen-bond acceptors (Lipinski definition) is 3. The zero-order chi connectivity index (χ0) is 16.3. The molecule has 0 radical (unpaired) electrons. The lowest BCUT2D eigenvalue weighted by Gasteiger charge is -2.23. The molecule has 1 aliphatic heterocycles. The van der Waals surface area contributed by atoms with E-state index in [2.05, 4.69) is 5.32 Å². The number of rotatable bonds is 5. The van der Waals surface area contributed by atoms with Crippen molar-refractivity contribution < 1.29 is 14.3 Å². The molecule has 2 atom stereocenters. The van der Waals surface area contributed by atoms with Gasteiger partial charge in [-0.2, -0.15) is 0 Å². The first-order chi connectivity index (χ1) is 10.4. The van der Waals surface area contributed by atoms with Gasteiger partial charge in [0.1, 0.15) is 0 Å². The summed E-state index contributed by atoms with van der Waals surface area (Å²) < 4.78 is 5.06. The van der Waals surface area contributed by atoms with E-state index in [1.165, 1.54) is 0 Å². The first-order valence-corrected chi connectivity index (χ1v) is 7.71. The molecular formula is C15H18Cl2N2O3. The van der Waals surface area contributed by atoms with E-state index in [4.69, 9.17) is 27.9 Å². The van der Waals surface area contributed by atoms with E-state index in [9.17, 15) is 9.59 Å². The second-order valence-corrected chi connectivity index (χ2v) is 6.27. The number of anilines is 1. The quantitative estimate of drug-likeness (QED) is 0.893. The first kappa shape index (κ1) is 17.1. The summed E-state index contributed by atoms with van der Waals surface area (Å²) in [6.07, 6.45) is 0.203. The topological polar surface area (TPSA) is 58.6 Å². The second kappa shape index (κ2) is 7.31. The number of benzene rings is 1. The number of nitrogens with zero attached hydrogens (tertiary/aromatic N) is 1. The van der Waals surface area contributed by atoms with Gasteiger partial charge in [-0.15, -0.1) is 0 Å². The molecule has 5 nitrogen and oxygen atoms in total. The predicted octanol–water partition coefficient (Wildman–Crippen LogP) is 2.82. The fourth-order valence-electron chi connectivity index (χ4n) is 2.53. The van der Waals surface area contributed by atoms with Gasteiger partial charge in [-0.25, -0.2) is 0 Å². The van der Waals surface area contributed by atoms with E-state index in [1.54, 1.807) is 30.2 Å². The van der Waals surface area contributed by atoms with Crippen molar-refractivity contribution in [2.45, 2.75) is 19.4 Å². The zero-order valence-electron chi connectivity index (χ0n) is 12.4. The molecule has 0 aromatic heterocycles. The molecule has 1 N–H and O–H groups in total. The Morgan fingerprint density at radius 3 is 2.64 bits per heavy atom. The lowest BCUT2D eigenvalue weighted by Crippen LogP contribution is -2.38. The fraction of sp³-hybridized carbons (Fsp3) is 0.467. The Hall–Kier alpha value is -1.30. The monoisotopic (exact) mass is 344 g/mol. The molecule has 0 unspecified atom stereocenters. The smallest absolute Gasteiger partial charge is 0.229 e. The van der Waals surface area contributed by atoms with Gasteiger partial charge in [0.15, 0.2) is 0 Å². The highest BCUT2D eigenvalue weighted by molar-refractivity contribution is 6.35. The average Bonchev–Trinajstić information content (AvgIpc) is 2.80. The van der Waals surface area contributed by atoms with Gasteiger partial charge in [0, 0.05) is 35.8 Å². The number of carbonyl (C=O) groups excluding carboxylic acids is 2. The Bertz CT molecular complexity index is 560. The maximum Gasteiger partial charge on any atom is 0.229 e.